The third-order valence-electron chi connectivity index (χ3n) is 3.75. The monoisotopic (exact) mass is 327 g/mol. The van der Waals surface area contributed by atoms with Gasteiger partial charge in [0.15, 0.2) is 0 Å². The number of aryl methyl sites for hydroxylation is 1. The van der Waals surface area contributed by atoms with Gasteiger partial charge in [-0.2, -0.15) is 0 Å². The van der Waals surface area contributed by atoms with E-state index in [1.54, 1.807) is 12.1 Å². The van der Waals surface area contributed by atoms with Crippen LogP contribution in [0.2, 0.25) is 0 Å². The smallest absolute Gasteiger partial charge is 0.269 e. The van der Waals surface area contributed by atoms with E-state index in [2.05, 4.69) is 10.2 Å². The number of anilines is 1. The highest BCUT2D eigenvalue weighted by Gasteiger charge is 2.06. The first-order valence-electron chi connectivity index (χ1n) is 7.82. The Morgan fingerprint density at radius 3 is 2.42 bits per heavy atom. The van der Waals surface area contributed by atoms with Crippen molar-refractivity contribution in [3.63, 3.8) is 0 Å². The Bertz CT molecular complexity index is 672. The fourth-order valence-corrected chi connectivity index (χ4v) is 2.31. The van der Waals surface area contributed by atoms with Crippen LogP contribution in [0.1, 0.15) is 12.0 Å². The number of rotatable bonds is 8. The molecular formula is C18H21N3O3. The number of hydrogen-bond acceptors (Lipinski definition) is 4. The summed E-state index contributed by atoms with van der Waals surface area (Å²) >= 11 is 0. The summed E-state index contributed by atoms with van der Waals surface area (Å²) in [4.78, 5) is 24.1. The van der Waals surface area contributed by atoms with Crippen molar-refractivity contribution in [2.75, 3.05) is 25.0 Å². The van der Waals surface area contributed by atoms with Crippen molar-refractivity contribution in [2.24, 2.45) is 0 Å². The minimum Gasteiger partial charge on any atom is -0.373 e. The van der Waals surface area contributed by atoms with Gasteiger partial charge in [0, 0.05) is 44.4 Å². The number of amides is 1. The molecule has 6 nitrogen and oxygen atoms in total. The molecule has 1 amide bonds. The normalized spacial score (nSPS) is 10.2. The average molecular weight is 327 g/mol. The van der Waals surface area contributed by atoms with Crippen molar-refractivity contribution in [1.82, 2.24) is 5.32 Å². The molecule has 2 aromatic rings. The molecule has 0 aliphatic carbocycles. The van der Waals surface area contributed by atoms with Gasteiger partial charge in [-0.3, -0.25) is 14.9 Å². The van der Waals surface area contributed by atoms with Crippen LogP contribution in [-0.2, 0) is 11.2 Å². The van der Waals surface area contributed by atoms with Crippen LogP contribution >= 0.6 is 0 Å². The van der Waals surface area contributed by atoms with Crippen LogP contribution in [-0.4, -0.2) is 31.0 Å². The van der Waals surface area contributed by atoms with E-state index in [4.69, 9.17) is 0 Å². The summed E-state index contributed by atoms with van der Waals surface area (Å²) in [6.45, 7) is 1.30. The molecule has 2 aromatic carbocycles. The second-order valence-corrected chi connectivity index (χ2v) is 5.53. The Hall–Kier alpha value is -2.89. The van der Waals surface area contributed by atoms with Crippen molar-refractivity contribution in [2.45, 2.75) is 12.8 Å². The maximum Gasteiger partial charge on any atom is 0.269 e. The lowest BCUT2D eigenvalue weighted by Gasteiger charge is -2.19. The number of nitro benzene ring substituents is 1. The number of carbonyl (C=O) groups excluding carboxylic acids is 1. The molecule has 0 atom stereocenters. The molecule has 0 fully saturated rings. The van der Waals surface area contributed by atoms with E-state index in [1.165, 1.54) is 12.1 Å². The number of nitro groups is 1. The maximum atomic E-state index is 11.9. The molecule has 0 aromatic heterocycles. The number of carbonyl (C=O) groups is 1. The van der Waals surface area contributed by atoms with E-state index >= 15 is 0 Å². The maximum absolute atomic E-state index is 11.9. The number of nitrogens with zero attached hydrogens (tertiary/aromatic N) is 2. The van der Waals surface area contributed by atoms with Crippen molar-refractivity contribution < 1.29 is 9.72 Å². The van der Waals surface area contributed by atoms with E-state index in [0.717, 1.165) is 17.8 Å². The third-order valence-corrected chi connectivity index (χ3v) is 3.75. The lowest BCUT2D eigenvalue weighted by Crippen LogP contribution is -2.33. The molecule has 0 heterocycles. The SMILES string of the molecule is CN(CCNC(=O)CCc1ccc([N+](=O)[O-])cc1)c1ccccc1. The van der Waals surface area contributed by atoms with E-state index in [1.807, 2.05) is 37.4 Å². The second-order valence-electron chi connectivity index (χ2n) is 5.53. The summed E-state index contributed by atoms with van der Waals surface area (Å²) in [5.41, 5.74) is 2.09. The van der Waals surface area contributed by atoms with E-state index in [0.29, 0.717) is 19.4 Å². The van der Waals surface area contributed by atoms with Crippen molar-refractivity contribution in [3.05, 3.63) is 70.3 Å². The molecule has 0 saturated heterocycles. The first-order chi connectivity index (χ1) is 11.6. The Morgan fingerprint density at radius 2 is 1.79 bits per heavy atom. The van der Waals surface area contributed by atoms with Gasteiger partial charge in [-0.05, 0) is 24.1 Å². The molecule has 0 radical (unpaired) electrons. The van der Waals surface area contributed by atoms with Crippen molar-refractivity contribution in [1.29, 1.82) is 0 Å². The van der Waals surface area contributed by atoms with Crippen molar-refractivity contribution >= 4 is 17.3 Å². The van der Waals surface area contributed by atoms with Gasteiger partial charge in [-0.25, -0.2) is 0 Å². The largest absolute Gasteiger partial charge is 0.373 e. The molecular weight excluding hydrogens is 306 g/mol. The number of non-ortho nitro benzene ring substituents is 1. The second kappa shape index (κ2) is 8.67. The predicted octanol–water partition coefficient (Wildman–Crippen LogP) is 2.78. The van der Waals surface area contributed by atoms with Crippen molar-refractivity contribution in [3.8, 4) is 0 Å². The molecule has 2 rings (SSSR count). The van der Waals surface area contributed by atoms with Crippen LogP contribution in [0, 0.1) is 10.1 Å². The average Bonchev–Trinajstić information content (AvgIpc) is 2.61. The predicted molar refractivity (Wildman–Crippen MR) is 94.1 cm³/mol. The third kappa shape index (κ3) is 5.39. The fourth-order valence-electron chi connectivity index (χ4n) is 2.31. The zero-order chi connectivity index (χ0) is 17.4. The Kier molecular flexibility index (Phi) is 6.31. The summed E-state index contributed by atoms with van der Waals surface area (Å²) in [6.07, 6.45) is 0.936. The fraction of sp³-hybridized carbons (Fsp3) is 0.278. The van der Waals surface area contributed by atoms with Gasteiger partial charge in [0.1, 0.15) is 0 Å². The molecule has 0 unspecified atom stereocenters. The summed E-state index contributed by atoms with van der Waals surface area (Å²) in [5.74, 6) is -0.0187. The Balaban J connectivity index is 1.69. The molecule has 1 N–H and O–H groups in total. The van der Waals surface area contributed by atoms with Gasteiger partial charge in [-0.15, -0.1) is 0 Å². The molecule has 0 aliphatic rings. The number of benzene rings is 2. The minimum atomic E-state index is -0.431. The molecule has 0 bridgehead atoms. The summed E-state index contributed by atoms with van der Waals surface area (Å²) in [5, 5.41) is 13.5. The summed E-state index contributed by atoms with van der Waals surface area (Å²) in [7, 11) is 1.98. The standard InChI is InChI=1S/C18H21N3O3/c1-20(16-5-3-2-4-6-16)14-13-19-18(22)12-9-15-7-10-17(11-8-15)21(23)24/h2-8,10-11H,9,12-14H2,1H3,(H,19,22). The van der Waals surface area contributed by atoms with Crippen LogP contribution in [0.3, 0.4) is 0 Å². The van der Waals surface area contributed by atoms with Crippen LogP contribution in [0.4, 0.5) is 11.4 Å². The molecule has 0 aliphatic heterocycles. The van der Waals surface area contributed by atoms with Gasteiger partial charge in [-0.1, -0.05) is 30.3 Å². The van der Waals surface area contributed by atoms with Gasteiger partial charge < -0.3 is 10.2 Å². The topological polar surface area (TPSA) is 75.5 Å². The minimum absolute atomic E-state index is 0.0187. The lowest BCUT2D eigenvalue weighted by molar-refractivity contribution is -0.384. The van der Waals surface area contributed by atoms with Crippen LogP contribution < -0.4 is 10.2 Å². The van der Waals surface area contributed by atoms with Gasteiger partial charge in [0.05, 0.1) is 4.92 Å². The number of hydrogen-bond donors (Lipinski definition) is 1. The Morgan fingerprint density at radius 1 is 1.12 bits per heavy atom. The van der Waals surface area contributed by atoms with Crippen LogP contribution in [0.25, 0.3) is 0 Å². The highest BCUT2D eigenvalue weighted by molar-refractivity contribution is 5.76. The van der Waals surface area contributed by atoms with E-state index in [-0.39, 0.29) is 11.6 Å². The lowest BCUT2D eigenvalue weighted by atomic mass is 10.1. The molecule has 0 spiro atoms. The highest BCUT2D eigenvalue weighted by Crippen LogP contribution is 2.13. The Labute approximate surface area is 141 Å². The van der Waals surface area contributed by atoms with E-state index in [9.17, 15) is 14.9 Å². The number of nitrogens with one attached hydrogen (secondary N) is 1. The summed E-state index contributed by atoms with van der Waals surface area (Å²) < 4.78 is 0. The number of likely N-dealkylation sites (N-methyl/N-ethyl adjacent to an activating group) is 1. The first-order valence-corrected chi connectivity index (χ1v) is 7.82. The molecule has 24 heavy (non-hydrogen) atoms. The molecule has 0 saturated carbocycles. The first kappa shape index (κ1) is 17.5. The quantitative estimate of drug-likeness (QED) is 0.597. The zero-order valence-electron chi connectivity index (χ0n) is 13.6. The van der Waals surface area contributed by atoms with Crippen LogP contribution in [0.15, 0.2) is 54.6 Å². The summed E-state index contributed by atoms with van der Waals surface area (Å²) in [6, 6.07) is 16.3. The van der Waals surface area contributed by atoms with E-state index < -0.39 is 4.92 Å². The molecule has 126 valence electrons. The van der Waals surface area contributed by atoms with Gasteiger partial charge >= 0.3 is 0 Å². The highest BCUT2D eigenvalue weighted by atomic mass is 16.6. The zero-order valence-corrected chi connectivity index (χ0v) is 13.6. The van der Waals surface area contributed by atoms with Gasteiger partial charge in [0.25, 0.3) is 5.69 Å². The van der Waals surface area contributed by atoms with Crippen LogP contribution in [0.5, 0.6) is 0 Å². The molecule has 6 heteroatoms. The van der Waals surface area contributed by atoms with Gasteiger partial charge in [0.2, 0.25) is 5.91 Å². The number of para-hydroxylation sites is 1.